The van der Waals surface area contributed by atoms with E-state index in [4.69, 9.17) is 10.00 Å². The van der Waals surface area contributed by atoms with Gasteiger partial charge in [-0.2, -0.15) is 5.26 Å². The molecule has 2 rings (SSSR count). The first-order valence-electron chi connectivity index (χ1n) is 5.29. The molecule has 84 valence electrons. The molecule has 0 fully saturated rings. The van der Waals surface area contributed by atoms with Crippen molar-refractivity contribution in [2.24, 2.45) is 0 Å². The van der Waals surface area contributed by atoms with Gasteiger partial charge in [0.15, 0.2) is 12.4 Å². The number of aldehydes is 1. The first kappa shape index (κ1) is 11.2. The number of carbonyl (C=O) groups is 1. The van der Waals surface area contributed by atoms with E-state index in [0.29, 0.717) is 11.3 Å². The summed E-state index contributed by atoms with van der Waals surface area (Å²) in [6.45, 7) is 1.64. The van der Waals surface area contributed by atoms with E-state index < -0.39 is 6.10 Å². The quantitative estimate of drug-likeness (QED) is 0.754. The number of carbonyl (C=O) groups excluding carboxylic acids is 1. The Kier molecular flexibility index (Phi) is 3.06. The summed E-state index contributed by atoms with van der Waals surface area (Å²) in [5.41, 5.74) is 0.491. The van der Waals surface area contributed by atoms with E-state index >= 15 is 0 Å². The molecule has 17 heavy (non-hydrogen) atoms. The molecular formula is C14H11NO2. The lowest BCUT2D eigenvalue weighted by Crippen LogP contribution is -2.09. The number of ether oxygens (including phenoxy) is 1. The Morgan fingerprint density at radius 2 is 2.06 bits per heavy atom. The zero-order chi connectivity index (χ0) is 12.3. The number of rotatable bonds is 3. The van der Waals surface area contributed by atoms with Crippen LogP contribution in [0.4, 0.5) is 0 Å². The summed E-state index contributed by atoms with van der Waals surface area (Å²) in [6.07, 6.45) is 0.191. The first-order chi connectivity index (χ1) is 8.26. The minimum absolute atomic E-state index is 0.452. The summed E-state index contributed by atoms with van der Waals surface area (Å²) >= 11 is 0. The number of fused-ring (bicyclic) bond motifs is 1. The molecule has 0 bridgehead atoms. The Hall–Kier alpha value is -2.34. The minimum atomic E-state index is -0.574. The van der Waals surface area contributed by atoms with Crippen LogP contribution in [0.15, 0.2) is 36.4 Å². The van der Waals surface area contributed by atoms with Crippen LogP contribution in [0.5, 0.6) is 5.75 Å². The van der Waals surface area contributed by atoms with Gasteiger partial charge in [-0.1, -0.05) is 30.3 Å². The van der Waals surface area contributed by atoms with Crippen molar-refractivity contribution >= 4 is 17.1 Å². The third kappa shape index (κ3) is 2.11. The zero-order valence-electron chi connectivity index (χ0n) is 9.38. The number of hydrogen-bond acceptors (Lipinski definition) is 3. The average molecular weight is 225 g/mol. The molecule has 0 heterocycles. The number of nitrogens with zero attached hydrogens (tertiary/aromatic N) is 1. The van der Waals surface area contributed by atoms with Gasteiger partial charge in [0, 0.05) is 0 Å². The van der Waals surface area contributed by atoms with Crippen molar-refractivity contribution in [3.05, 3.63) is 42.0 Å². The molecular weight excluding hydrogens is 214 g/mol. The molecule has 0 saturated heterocycles. The molecule has 0 aliphatic carbocycles. The van der Waals surface area contributed by atoms with Crippen molar-refractivity contribution in [3.8, 4) is 11.8 Å². The van der Waals surface area contributed by atoms with Gasteiger partial charge in [-0.15, -0.1) is 0 Å². The summed E-state index contributed by atoms with van der Waals surface area (Å²) in [7, 11) is 0. The van der Waals surface area contributed by atoms with Crippen LogP contribution in [0, 0.1) is 11.3 Å². The molecule has 0 aromatic heterocycles. The van der Waals surface area contributed by atoms with Gasteiger partial charge < -0.3 is 4.74 Å². The van der Waals surface area contributed by atoms with Crippen molar-refractivity contribution in [1.29, 1.82) is 5.26 Å². The maximum atomic E-state index is 11.1. The highest BCUT2D eigenvalue weighted by molar-refractivity contribution is 6.00. The summed E-state index contributed by atoms with van der Waals surface area (Å²) in [5, 5.41) is 10.5. The fourth-order valence-corrected chi connectivity index (χ4v) is 1.72. The molecule has 1 unspecified atom stereocenters. The average Bonchev–Trinajstić information content (AvgIpc) is 2.38. The second-order valence-corrected chi connectivity index (χ2v) is 3.71. The van der Waals surface area contributed by atoms with E-state index in [-0.39, 0.29) is 0 Å². The first-order valence-corrected chi connectivity index (χ1v) is 5.29. The standard InChI is InChI=1S/C14H11NO2/c1-10(8-15)17-14-7-6-11-4-2-3-5-12(11)13(14)9-16/h2-7,9-10H,1H3. The third-order valence-electron chi connectivity index (χ3n) is 2.53. The van der Waals surface area contributed by atoms with Gasteiger partial charge in [0.25, 0.3) is 0 Å². The van der Waals surface area contributed by atoms with E-state index in [1.807, 2.05) is 36.4 Å². The Labute approximate surface area is 99.2 Å². The number of nitriles is 1. The van der Waals surface area contributed by atoms with Crippen LogP contribution < -0.4 is 4.74 Å². The van der Waals surface area contributed by atoms with Crippen LogP contribution >= 0.6 is 0 Å². The van der Waals surface area contributed by atoms with E-state index in [1.54, 1.807) is 13.0 Å². The monoisotopic (exact) mass is 225 g/mol. The number of benzene rings is 2. The lowest BCUT2D eigenvalue weighted by atomic mass is 10.0. The van der Waals surface area contributed by atoms with Gasteiger partial charge >= 0.3 is 0 Å². The van der Waals surface area contributed by atoms with Crippen molar-refractivity contribution < 1.29 is 9.53 Å². The minimum Gasteiger partial charge on any atom is -0.475 e. The van der Waals surface area contributed by atoms with Crippen molar-refractivity contribution in [1.82, 2.24) is 0 Å². The molecule has 2 aromatic carbocycles. The maximum Gasteiger partial charge on any atom is 0.181 e. The summed E-state index contributed by atoms with van der Waals surface area (Å²) in [6, 6.07) is 13.1. The number of hydrogen-bond donors (Lipinski definition) is 0. The van der Waals surface area contributed by atoms with Gasteiger partial charge in [0.2, 0.25) is 0 Å². The predicted molar refractivity (Wildman–Crippen MR) is 65.0 cm³/mol. The summed E-state index contributed by atoms with van der Waals surface area (Å²) in [4.78, 5) is 11.1. The lowest BCUT2D eigenvalue weighted by molar-refractivity contribution is 0.112. The highest BCUT2D eigenvalue weighted by Gasteiger charge is 2.10. The van der Waals surface area contributed by atoms with Gasteiger partial charge in [-0.05, 0) is 23.8 Å². The van der Waals surface area contributed by atoms with Crippen LogP contribution in [0.2, 0.25) is 0 Å². The van der Waals surface area contributed by atoms with E-state index in [9.17, 15) is 4.79 Å². The highest BCUT2D eigenvalue weighted by Crippen LogP contribution is 2.27. The molecule has 0 N–H and O–H groups in total. The molecule has 3 heteroatoms. The second kappa shape index (κ2) is 4.67. The Morgan fingerprint density at radius 1 is 1.29 bits per heavy atom. The molecule has 0 amide bonds. The van der Waals surface area contributed by atoms with Crippen LogP contribution in [-0.2, 0) is 0 Å². The molecule has 2 aromatic rings. The molecule has 0 aliphatic rings. The van der Waals surface area contributed by atoms with Crippen molar-refractivity contribution in [3.63, 3.8) is 0 Å². The van der Waals surface area contributed by atoms with Crippen LogP contribution in [0.3, 0.4) is 0 Å². The topological polar surface area (TPSA) is 50.1 Å². The largest absolute Gasteiger partial charge is 0.475 e. The van der Waals surface area contributed by atoms with Crippen LogP contribution in [0.1, 0.15) is 17.3 Å². The Morgan fingerprint density at radius 3 is 2.76 bits per heavy atom. The molecule has 0 aliphatic heterocycles. The Balaban J connectivity index is 2.58. The molecule has 3 nitrogen and oxygen atoms in total. The van der Waals surface area contributed by atoms with Gasteiger partial charge in [-0.25, -0.2) is 0 Å². The van der Waals surface area contributed by atoms with E-state index in [1.165, 1.54) is 0 Å². The highest BCUT2D eigenvalue weighted by atomic mass is 16.5. The maximum absolute atomic E-state index is 11.1. The SMILES string of the molecule is CC(C#N)Oc1ccc2ccccc2c1C=O. The van der Waals surface area contributed by atoms with Gasteiger partial charge in [0.1, 0.15) is 11.8 Å². The normalized spacial score (nSPS) is 11.8. The smallest absolute Gasteiger partial charge is 0.181 e. The molecule has 1 atom stereocenters. The second-order valence-electron chi connectivity index (χ2n) is 3.71. The molecule has 0 spiro atoms. The van der Waals surface area contributed by atoms with Crippen LogP contribution in [0.25, 0.3) is 10.8 Å². The van der Waals surface area contributed by atoms with Crippen molar-refractivity contribution in [2.45, 2.75) is 13.0 Å². The van der Waals surface area contributed by atoms with E-state index in [2.05, 4.69) is 0 Å². The zero-order valence-corrected chi connectivity index (χ0v) is 9.38. The molecule has 0 saturated carbocycles. The fraction of sp³-hybridized carbons (Fsp3) is 0.143. The Bertz CT molecular complexity index is 599. The lowest BCUT2D eigenvalue weighted by Gasteiger charge is -2.11. The predicted octanol–water partition coefficient (Wildman–Crippen LogP) is 2.94. The fourth-order valence-electron chi connectivity index (χ4n) is 1.72. The van der Waals surface area contributed by atoms with Gasteiger partial charge in [0.05, 0.1) is 5.56 Å². The van der Waals surface area contributed by atoms with Crippen LogP contribution in [-0.4, -0.2) is 12.4 Å². The summed E-state index contributed by atoms with van der Waals surface area (Å²) in [5.74, 6) is 0.452. The van der Waals surface area contributed by atoms with E-state index in [0.717, 1.165) is 17.1 Å². The van der Waals surface area contributed by atoms with Gasteiger partial charge in [-0.3, -0.25) is 4.79 Å². The van der Waals surface area contributed by atoms with Crippen molar-refractivity contribution in [2.75, 3.05) is 0 Å². The third-order valence-corrected chi connectivity index (χ3v) is 2.53. The summed E-state index contributed by atoms with van der Waals surface area (Å²) < 4.78 is 5.40. The molecule has 0 radical (unpaired) electrons.